The Bertz CT molecular complexity index is 476. The second kappa shape index (κ2) is 7.13. The standard InChI is InChI=1S/C13H16BrNO4/c1-3-4-10(13(17)18)15-12(16)8-5-6-11(19-2)9(14)7-8/h5-7,10H,3-4H2,1-2H3,(H,15,16)(H,17,18)/t10-/m1/s1. The summed E-state index contributed by atoms with van der Waals surface area (Å²) < 4.78 is 5.71. The Labute approximate surface area is 120 Å². The van der Waals surface area contributed by atoms with Crippen LogP contribution < -0.4 is 10.1 Å². The molecule has 0 saturated carbocycles. The van der Waals surface area contributed by atoms with Crippen molar-refractivity contribution >= 4 is 27.8 Å². The summed E-state index contributed by atoms with van der Waals surface area (Å²) in [6, 6.07) is 3.97. The van der Waals surface area contributed by atoms with Crippen molar-refractivity contribution in [2.75, 3.05) is 7.11 Å². The van der Waals surface area contributed by atoms with Crippen molar-refractivity contribution in [3.63, 3.8) is 0 Å². The summed E-state index contributed by atoms with van der Waals surface area (Å²) in [6.45, 7) is 1.87. The van der Waals surface area contributed by atoms with Crippen molar-refractivity contribution in [2.45, 2.75) is 25.8 Å². The summed E-state index contributed by atoms with van der Waals surface area (Å²) >= 11 is 3.28. The number of rotatable bonds is 6. The molecule has 0 bridgehead atoms. The highest BCUT2D eigenvalue weighted by atomic mass is 79.9. The summed E-state index contributed by atoms with van der Waals surface area (Å²) in [5, 5.41) is 11.5. The van der Waals surface area contributed by atoms with E-state index in [1.54, 1.807) is 18.2 Å². The van der Waals surface area contributed by atoms with Crippen LogP contribution in [0.15, 0.2) is 22.7 Å². The minimum absolute atomic E-state index is 0.384. The van der Waals surface area contributed by atoms with Gasteiger partial charge in [0.15, 0.2) is 0 Å². The number of carboxylic acids is 1. The number of amides is 1. The molecule has 104 valence electrons. The minimum atomic E-state index is -1.03. The van der Waals surface area contributed by atoms with Crippen LogP contribution in [-0.4, -0.2) is 30.1 Å². The highest BCUT2D eigenvalue weighted by molar-refractivity contribution is 9.10. The molecule has 0 unspecified atom stereocenters. The molecule has 0 saturated heterocycles. The molecule has 0 fully saturated rings. The van der Waals surface area contributed by atoms with Crippen LogP contribution in [0.1, 0.15) is 30.1 Å². The average molecular weight is 330 g/mol. The van der Waals surface area contributed by atoms with Gasteiger partial charge < -0.3 is 15.2 Å². The molecule has 0 aliphatic carbocycles. The molecule has 5 nitrogen and oxygen atoms in total. The van der Waals surface area contributed by atoms with Gasteiger partial charge in [0, 0.05) is 5.56 Å². The van der Waals surface area contributed by atoms with E-state index in [2.05, 4.69) is 21.2 Å². The van der Waals surface area contributed by atoms with Gasteiger partial charge >= 0.3 is 5.97 Å². The molecule has 0 aliphatic heterocycles. The second-order valence-electron chi connectivity index (χ2n) is 4.00. The van der Waals surface area contributed by atoms with Gasteiger partial charge in [-0.3, -0.25) is 4.79 Å². The highest BCUT2D eigenvalue weighted by Crippen LogP contribution is 2.25. The first kappa shape index (κ1) is 15.5. The van der Waals surface area contributed by atoms with Crippen LogP contribution in [0.5, 0.6) is 5.75 Å². The van der Waals surface area contributed by atoms with Gasteiger partial charge in [-0.1, -0.05) is 13.3 Å². The molecule has 0 radical (unpaired) electrons. The fourth-order valence-electron chi connectivity index (χ4n) is 1.60. The van der Waals surface area contributed by atoms with Crippen LogP contribution >= 0.6 is 15.9 Å². The Morgan fingerprint density at radius 3 is 2.63 bits per heavy atom. The molecular formula is C13H16BrNO4. The number of carboxylic acid groups (broad SMARTS) is 1. The molecule has 1 amide bonds. The van der Waals surface area contributed by atoms with E-state index in [9.17, 15) is 9.59 Å². The first-order chi connectivity index (χ1) is 8.99. The van der Waals surface area contributed by atoms with Crippen molar-refractivity contribution in [3.05, 3.63) is 28.2 Å². The zero-order chi connectivity index (χ0) is 14.4. The number of aliphatic carboxylic acids is 1. The number of benzene rings is 1. The van der Waals surface area contributed by atoms with Crippen molar-refractivity contribution in [3.8, 4) is 5.75 Å². The third kappa shape index (κ3) is 4.24. The Balaban J connectivity index is 2.82. The van der Waals surface area contributed by atoms with Gasteiger partial charge in [-0.25, -0.2) is 4.79 Å². The smallest absolute Gasteiger partial charge is 0.326 e. The third-order valence-corrected chi connectivity index (χ3v) is 3.21. The lowest BCUT2D eigenvalue weighted by Crippen LogP contribution is -2.40. The van der Waals surface area contributed by atoms with Gasteiger partial charge in [0.1, 0.15) is 11.8 Å². The largest absolute Gasteiger partial charge is 0.496 e. The molecule has 1 aromatic rings. The van der Waals surface area contributed by atoms with E-state index in [0.29, 0.717) is 28.6 Å². The number of carbonyl (C=O) groups is 2. The number of ether oxygens (including phenoxy) is 1. The minimum Gasteiger partial charge on any atom is -0.496 e. The van der Waals surface area contributed by atoms with Crippen LogP contribution in [0.25, 0.3) is 0 Å². The first-order valence-electron chi connectivity index (χ1n) is 5.86. The lowest BCUT2D eigenvalue weighted by molar-refractivity contribution is -0.139. The molecule has 0 aliphatic rings. The number of carbonyl (C=O) groups excluding carboxylic acids is 1. The van der Waals surface area contributed by atoms with Gasteiger partial charge in [0.25, 0.3) is 5.91 Å². The summed E-state index contributed by atoms with van der Waals surface area (Å²) in [7, 11) is 1.53. The molecule has 1 atom stereocenters. The molecule has 2 N–H and O–H groups in total. The number of nitrogens with one attached hydrogen (secondary N) is 1. The summed E-state index contributed by atoms with van der Waals surface area (Å²) in [6.07, 6.45) is 1.09. The summed E-state index contributed by atoms with van der Waals surface area (Å²) in [5.41, 5.74) is 0.384. The molecule has 19 heavy (non-hydrogen) atoms. The van der Waals surface area contributed by atoms with E-state index in [1.807, 2.05) is 6.92 Å². The zero-order valence-electron chi connectivity index (χ0n) is 10.8. The van der Waals surface area contributed by atoms with E-state index in [-0.39, 0.29) is 0 Å². The van der Waals surface area contributed by atoms with Crippen LogP contribution in [0.3, 0.4) is 0 Å². The van der Waals surface area contributed by atoms with Gasteiger partial charge in [-0.15, -0.1) is 0 Å². The molecular weight excluding hydrogens is 314 g/mol. The zero-order valence-corrected chi connectivity index (χ0v) is 12.4. The Hall–Kier alpha value is -1.56. The van der Waals surface area contributed by atoms with Crippen LogP contribution in [0.2, 0.25) is 0 Å². The van der Waals surface area contributed by atoms with Crippen molar-refractivity contribution in [1.82, 2.24) is 5.32 Å². The topological polar surface area (TPSA) is 75.6 Å². The van der Waals surface area contributed by atoms with E-state index in [4.69, 9.17) is 9.84 Å². The maximum Gasteiger partial charge on any atom is 0.326 e. The SMILES string of the molecule is CCC[C@@H](NC(=O)c1ccc(OC)c(Br)c1)C(=O)O. The first-order valence-corrected chi connectivity index (χ1v) is 6.66. The van der Waals surface area contributed by atoms with E-state index < -0.39 is 17.9 Å². The predicted octanol–water partition coefficient (Wildman–Crippen LogP) is 2.44. The number of hydrogen-bond donors (Lipinski definition) is 2. The van der Waals surface area contributed by atoms with Crippen LogP contribution in [-0.2, 0) is 4.79 Å². The maximum absolute atomic E-state index is 12.0. The monoisotopic (exact) mass is 329 g/mol. The average Bonchev–Trinajstić information content (AvgIpc) is 2.37. The molecule has 1 rings (SSSR count). The lowest BCUT2D eigenvalue weighted by Gasteiger charge is -2.14. The number of halogens is 1. The molecule has 0 spiro atoms. The highest BCUT2D eigenvalue weighted by Gasteiger charge is 2.19. The van der Waals surface area contributed by atoms with Gasteiger partial charge in [-0.2, -0.15) is 0 Å². The Kier molecular flexibility index (Phi) is 5.82. The summed E-state index contributed by atoms with van der Waals surface area (Å²) in [4.78, 5) is 22.9. The molecule has 0 aromatic heterocycles. The Morgan fingerprint density at radius 2 is 2.16 bits per heavy atom. The predicted molar refractivity (Wildman–Crippen MR) is 74.5 cm³/mol. The number of methoxy groups -OCH3 is 1. The normalized spacial score (nSPS) is 11.7. The van der Waals surface area contributed by atoms with Crippen molar-refractivity contribution in [1.29, 1.82) is 0 Å². The molecule has 1 aromatic carbocycles. The van der Waals surface area contributed by atoms with Crippen molar-refractivity contribution < 1.29 is 19.4 Å². The lowest BCUT2D eigenvalue weighted by atomic mass is 10.1. The van der Waals surface area contributed by atoms with E-state index in [0.717, 1.165) is 0 Å². The Morgan fingerprint density at radius 1 is 1.47 bits per heavy atom. The molecule has 6 heteroatoms. The van der Waals surface area contributed by atoms with Crippen LogP contribution in [0, 0.1) is 0 Å². The van der Waals surface area contributed by atoms with Gasteiger partial charge in [0.05, 0.1) is 11.6 Å². The van der Waals surface area contributed by atoms with Gasteiger partial charge in [0.2, 0.25) is 0 Å². The van der Waals surface area contributed by atoms with E-state index >= 15 is 0 Å². The fourth-order valence-corrected chi connectivity index (χ4v) is 2.14. The van der Waals surface area contributed by atoms with Gasteiger partial charge in [-0.05, 0) is 40.5 Å². The van der Waals surface area contributed by atoms with Crippen LogP contribution in [0.4, 0.5) is 0 Å². The van der Waals surface area contributed by atoms with E-state index in [1.165, 1.54) is 7.11 Å². The number of hydrogen-bond acceptors (Lipinski definition) is 3. The quantitative estimate of drug-likeness (QED) is 0.840. The second-order valence-corrected chi connectivity index (χ2v) is 4.86. The fraction of sp³-hybridized carbons (Fsp3) is 0.385. The third-order valence-electron chi connectivity index (χ3n) is 2.59. The summed E-state index contributed by atoms with van der Waals surface area (Å²) in [5.74, 6) is -0.827. The molecule has 0 heterocycles. The van der Waals surface area contributed by atoms with Crippen molar-refractivity contribution in [2.24, 2.45) is 0 Å². The maximum atomic E-state index is 12.0.